The second-order valence-corrected chi connectivity index (χ2v) is 4.42. The van der Waals surface area contributed by atoms with Gasteiger partial charge in [-0.2, -0.15) is 10.2 Å². The summed E-state index contributed by atoms with van der Waals surface area (Å²) in [6.45, 7) is 2.09. The molecule has 0 saturated heterocycles. The molecule has 3 N–H and O–H groups in total. The number of halogens is 1. The summed E-state index contributed by atoms with van der Waals surface area (Å²) in [5.74, 6) is 0.317. The minimum atomic E-state index is -0.453. The number of carbonyl (C=O) groups excluding carboxylic acids is 1. The SMILES string of the molecule is CC(C(=O)NCCc1n[nH]c(=O)[nH]1)n1cc(Cl)cn1. The maximum absolute atomic E-state index is 11.8. The molecule has 0 aliphatic carbocycles. The zero-order valence-corrected chi connectivity index (χ0v) is 10.9. The largest absolute Gasteiger partial charge is 0.354 e. The van der Waals surface area contributed by atoms with E-state index in [1.165, 1.54) is 10.9 Å². The van der Waals surface area contributed by atoms with Gasteiger partial charge in [0.2, 0.25) is 5.91 Å². The third-order valence-corrected chi connectivity index (χ3v) is 2.75. The summed E-state index contributed by atoms with van der Waals surface area (Å²) in [5.41, 5.74) is -0.360. The Labute approximate surface area is 113 Å². The number of carbonyl (C=O) groups is 1. The van der Waals surface area contributed by atoms with Crippen LogP contribution in [0.15, 0.2) is 17.2 Å². The Morgan fingerprint density at radius 1 is 1.63 bits per heavy atom. The normalized spacial score (nSPS) is 12.3. The summed E-state index contributed by atoms with van der Waals surface area (Å²) in [5, 5.41) is 13.2. The third-order valence-electron chi connectivity index (χ3n) is 2.56. The Bertz CT molecular complexity index is 615. The van der Waals surface area contributed by atoms with Gasteiger partial charge in [0, 0.05) is 19.2 Å². The highest BCUT2D eigenvalue weighted by molar-refractivity contribution is 6.30. The van der Waals surface area contributed by atoms with Crippen LogP contribution >= 0.6 is 11.6 Å². The first-order valence-corrected chi connectivity index (χ1v) is 6.05. The zero-order valence-electron chi connectivity index (χ0n) is 10.2. The van der Waals surface area contributed by atoms with Gasteiger partial charge in [-0.15, -0.1) is 0 Å². The first kappa shape index (κ1) is 13.3. The topological polar surface area (TPSA) is 108 Å². The quantitative estimate of drug-likeness (QED) is 0.710. The molecule has 0 aliphatic rings. The van der Waals surface area contributed by atoms with E-state index < -0.39 is 6.04 Å². The fourth-order valence-electron chi connectivity index (χ4n) is 1.52. The van der Waals surface area contributed by atoms with Crippen molar-refractivity contribution >= 4 is 17.5 Å². The van der Waals surface area contributed by atoms with Crippen LogP contribution in [0.4, 0.5) is 0 Å². The number of hydrogen-bond acceptors (Lipinski definition) is 4. The van der Waals surface area contributed by atoms with Gasteiger partial charge in [0.15, 0.2) is 0 Å². The van der Waals surface area contributed by atoms with Gasteiger partial charge in [-0.1, -0.05) is 11.6 Å². The fraction of sp³-hybridized carbons (Fsp3) is 0.400. The van der Waals surface area contributed by atoms with Crippen LogP contribution < -0.4 is 11.0 Å². The number of H-pyrrole nitrogens is 2. The fourth-order valence-corrected chi connectivity index (χ4v) is 1.67. The molecule has 0 aliphatic heterocycles. The lowest BCUT2D eigenvalue weighted by molar-refractivity contribution is -0.124. The Kier molecular flexibility index (Phi) is 4.00. The van der Waals surface area contributed by atoms with Gasteiger partial charge in [0.25, 0.3) is 0 Å². The maximum Gasteiger partial charge on any atom is 0.340 e. The van der Waals surface area contributed by atoms with Gasteiger partial charge in [-0.05, 0) is 6.92 Å². The zero-order chi connectivity index (χ0) is 13.8. The van der Waals surface area contributed by atoms with Crippen molar-refractivity contribution in [3.05, 3.63) is 33.7 Å². The van der Waals surface area contributed by atoms with E-state index in [9.17, 15) is 9.59 Å². The van der Waals surface area contributed by atoms with Crippen molar-refractivity contribution in [2.24, 2.45) is 0 Å². The summed E-state index contributed by atoms with van der Waals surface area (Å²) in [6.07, 6.45) is 3.49. The summed E-state index contributed by atoms with van der Waals surface area (Å²) in [7, 11) is 0. The average molecular weight is 285 g/mol. The molecule has 2 aromatic rings. The molecule has 0 saturated carbocycles. The molecule has 102 valence electrons. The first-order chi connectivity index (χ1) is 9.06. The monoisotopic (exact) mass is 284 g/mol. The van der Waals surface area contributed by atoms with E-state index in [2.05, 4.69) is 25.6 Å². The van der Waals surface area contributed by atoms with Crippen molar-refractivity contribution in [2.45, 2.75) is 19.4 Å². The number of amides is 1. The van der Waals surface area contributed by atoms with Crippen molar-refractivity contribution in [3.63, 3.8) is 0 Å². The highest BCUT2D eigenvalue weighted by Crippen LogP contribution is 2.10. The second-order valence-electron chi connectivity index (χ2n) is 3.98. The Hall–Kier alpha value is -2.09. The molecule has 0 bridgehead atoms. The lowest BCUT2D eigenvalue weighted by Crippen LogP contribution is -2.32. The minimum Gasteiger partial charge on any atom is -0.354 e. The number of nitrogens with zero attached hydrogens (tertiary/aromatic N) is 3. The van der Waals surface area contributed by atoms with Crippen molar-refractivity contribution in [2.75, 3.05) is 6.54 Å². The van der Waals surface area contributed by atoms with E-state index >= 15 is 0 Å². The predicted molar refractivity (Wildman–Crippen MR) is 67.9 cm³/mol. The lowest BCUT2D eigenvalue weighted by Gasteiger charge is -2.11. The standard InChI is InChI=1S/C10H13ClN6O2/c1-6(17-5-7(11)4-13-17)9(18)12-3-2-8-14-10(19)16-15-8/h4-6H,2-3H2,1H3,(H,12,18)(H2,14,15,16,19). The van der Waals surface area contributed by atoms with Gasteiger partial charge >= 0.3 is 5.69 Å². The van der Waals surface area contributed by atoms with Crippen LogP contribution in [-0.4, -0.2) is 37.4 Å². The van der Waals surface area contributed by atoms with Crippen molar-refractivity contribution in [3.8, 4) is 0 Å². The molecule has 8 nitrogen and oxygen atoms in total. The third kappa shape index (κ3) is 3.44. The molecule has 1 amide bonds. The maximum atomic E-state index is 11.8. The Morgan fingerprint density at radius 2 is 2.42 bits per heavy atom. The molecular weight excluding hydrogens is 272 g/mol. The van der Waals surface area contributed by atoms with Gasteiger partial charge < -0.3 is 5.32 Å². The molecule has 2 heterocycles. The summed E-state index contributed by atoms with van der Waals surface area (Å²) in [6, 6.07) is -0.453. The number of nitrogens with one attached hydrogen (secondary N) is 3. The molecule has 0 radical (unpaired) electrons. The predicted octanol–water partition coefficient (Wildman–Crippen LogP) is -0.132. The van der Waals surface area contributed by atoms with Crippen LogP contribution in [-0.2, 0) is 11.2 Å². The van der Waals surface area contributed by atoms with E-state index in [1.807, 2.05) is 0 Å². The van der Waals surface area contributed by atoms with Crippen LogP contribution in [0.2, 0.25) is 5.02 Å². The minimum absolute atomic E-state index is 0.183. The van der Waals surface area contributed by atoms with E-state index in [4.69, 9.17) is 11.6 Å². The molecule has 0 spiro atoms. The Balaban J connectivity index is 1.82. The van der Waals surface area contributed by atoms with Gasteiger partial charge in [-0.25, -0.2) is 9.89 Å². The Morgan fingerprint density at radius 3 is 3.00 bits per heavy atom. The van der Waals surface area contributed by atoms with Crippen molar-refractivity contribution in [1.82, 2.24) is 30.3 Å². The molecule has 2 rings (SSSR count). The molecule has 1 atom stereocenters. The highest BCUT2D eigenvalue weighted by Gasteiger charge is 2.15. The molecule has 9 heteroatoms. The van der Waals surface area contributed by atoms with Crippen molar-refractivity contribution in [1.29, 1.82) is 0 Å². The van der Waals surface area contributed by atoms with Crippen LogP contribution in [0.5, 0.6) is 0 Å². The van der Waals surface area contributed by atoms with Crippen LogP contribution in [0.25, 0.3) is 0 Å². The van der Waals surface area contributed by atoms with E-state index in [-0.39, 0.29) is 11.6 Å². The van der Waals surface area contributed by atoms with Gasteiger partial charge in [0.05, 0.1) is 11.2 Å². The summed E-state index contributed by atoms with van der Waals surface area (Å²) < 4.78 is 1.48. The molecule has 2 aromatic heterocycles. The van der Waals surface area contributed by atoms with E-state index in [0.29, 0.717) is 23.8 Å². The van der Waals surface area contributed by atoms with E-state index in [1.54, 1.807) is 13.1 Å². The highest BCUT2D eigenvalue weighted by atomic mass is 35.5. The summed E-state index contributed by atoms with van der Waals surface area (Å²) in [4.78, 5) is 25.1. The molecule has 0 fully saturated rings. The molecular formula is C10H13ClN6O2. The first-order valence-electron chi connectivity index (χ1n) is 5.67. The number of rotatable bonds is 5. The van der Waals surface area contributed by atoms with E-state index in [0.717, 1.165) is 0 Å². The van der Waals surface area contributed by atoms with Crippen LogP contribution in [0.3, 0.4) is 0 Å². The molecule has 19 heavy (non-hydrogen) atoms. The van der Waals surface area contributed by atoms with Crippen molar-refractivity contribution < 1.29 is 4.79 Å². The summed E-state index contributed by atoms with van der Waals surface area (Å²) >= 11 is 5.74. The average Bonchev–Trinajstić information content (AvgIpc) is 2.97. The number of hydrogen-bond donors (Lipinski definition) is 3. The second kappa shape index (κ2) is 5.70. The van der Waals surface area contributed by atoms with Crippen LogP contribution in [0, 0.1) is 0 Å². The van der Waals surface area contributed by atoms with Crippen LogP contribution in [0.1, 0.15) is 18.8 Å². The number of aromatic amines is 2. The molecule has 0 aromatic carbocycles. The smallest absolute Gasteiger partial charge is 0.340 e. The number of aromatic nitrogens is 5. The lowest BCUT2D eigenvalue weighted by atomic mass is 10.3. The van der Waals surface area contributed by atoms with Gasteiger partial charge in [-0.3, -0.25) is 14.5 Å². The molecule has 1 unspecified atom stereocenters. The van der Waals surface area contributed by atoms with Gasteiger partial charge in [0.1, 0.15) is 11.9 Å².